The summed E-state index contributed by atoms with van der Waals surface area (Å²) in [4.78, 5) is 6.60. The van der Waals surface area contributed by atoms with Gasteiger partial charge in [0.05, 0.1) is 12.7 Å². The molecule has 1 saturated heterocycles. The van der Waals surface area contributed by atoms with Gasteiger partial charge < -0.3 is 14.6 Å². The zero-order valence-corrected chi connectivity index (χ0v) is 10.2. The van der Waals surface area contributed by atoms with Gasteiger partial charge in [-0.1, -0.05) is 0 Å². The van der Waals surface area contributed by atoms with Crippen LogP contribution >= 0.6 is 0 Å². The van der Waals surface area contributed by atoms with Gasteiger partial charge in [0, 0.05) is 6.04 Å². The third-order valence-corrected chi connectivity index (χ3v) is 3.16. The van der Waals surface area contributed by atoms with Crippen LogP contribution < -0.4 is 5.32 Å². The zero-order chi connectivity index (χ0) is 11.4. The van der Waals surface area contributed by atoms with Gasteiger partial charge in [0.15, 0.2) is 0 Å². The van der Waals surface area contributed by atoms with E-state index < -0.39 is 0 Å². The molecule has 1 aromatic rings. The number of rotatable bonds is 3. The summed E-state index contributed by atoms with van der Waals surface area (Å²) in [5, 5.41) is 3.53. The van der Waals surface area contributed by atoms with Crippen molar-refractivity contribution in [2.24, 2.45) is 0 Å². The van der Waals surface area contributed by atoms with Gasteiger partial charge in [-0.25, -0.2) is 4.98 Å². The monoisotopic (exact) mass is 223 g/mol. The molecule has 0 bridgehead atoms. The molecule has 4 nitrogen and oxygen atoms in total. The molecule has 1 aliphatic heterocycles. The van der Waals surface area contributed by atoms with Crippen molar-refractivity contribution in [2.75, 3.05) is 20.1 Å². The fourth-order valence-corrected chi connectivity index (χ4v) is 2.16. The number of nitrogens with zero attached hydrogens (tertiary/aromatic N) is 2. The van der Waals surface area contributed by atoms with E-state index in [1.807, 2.05) is 6.92 Å². The maximum atomic E-state index is 5.44. The summed E-state index contributed by atoms with van der Waals surface area (Å²) < 4.78 is 5.44. The molecule has 0 radical (unpaired) electrons. The van der Waals surface area contributed by atoms with E-state index in [0.29, 0.717) is 6.04 Å². The summed E-state index contributed by atoms with van der Waals surface area (Å²) in [5.41, 5.74) is 0. The quantitative estimate of drug-likeness (QED) is 0.844. The van der Waals surface area contributed by atoms with Crippen molar-refractivity contribution in [3.8, 4) is 0 Å². The molecule has 4 heteroatoms. The van der Waals surface area contributed by atoms with Gasteiger partial charge >= 0.3 is 0 Å². The largest absolute Gasteiger partial charge is 0.445 e. The highest BCUT2D eigenvalue weighted by Crippen LogP contribution is 2.10. The fourth-order valence-electron chi connectivity index (χ4n) is 2.16. The Labute approximate surface area is 97.0 Å². The average Bonchev–Trinajstić information content (AvgIpc) is 2.56. The molecular formula is C12H21N3O. The summed E-state index contributed by atoms with van der Waals surface area (Å²) in [7, 11) is 2.19. The molecule has 1 N–H and O–H groups in total. The standard InChI is InChI=1S/C12H21N3O/c1-10-8-14-12(16-10)9-13-11-4-3-6-15(2)7-5-11/h8,11,13H,3-7,9H2,1-2H3. The maximum Gasteiger partial charge on any atom is 0.208 e. The smallest absolute Gasteiger partial charge is 0.208 e. The first kappa shape index (κ1) is 11.6. The Bertz CT molecular complexity index is 324. The number of aromatic nitrogens is 1. The fraction of sp³-hybridized carbons (Fsp3) is 0.750. The molecule has 1 fully saturated rings. The van der Waals surface area contributed by atoms with Crippen LogP contribution in [0.15, 0.2) is 10.6 Å². The molecule has 16 heavy (non-hydrogen) atoms. The summed E-state index contributed by atoms with van der Waals surface area (Å²) >= 11 is 0. The Morgan fingerprint density at radius 3 is 3.12 bits per heavy atom. The van der Waals surface area contributed by atoms with E-state index >= 15 is 0 Å². The summed E-state index contributed by atoms with van der Waals surface area (Å²) in [6.07, 6.45) is 5.52. The lowest BCUT2D eigenvalue weighted by molar-refractivity contribution is 0.341. The number of nitrogens with one attached hydrogen (secondary N) is 1. The van der Waals surface area contributed by atoms with Crippen LogP contribution in [-0.2, 0) is 6.54 Å². The van der Waals surface area contributed by atoms with Crippen LogP contribution in [0.5, 0.6) is 0 Å². The zero-order valence-electron chi connectivity index (χ0n) is 10.2. The predicted octanol–water partition coefficient (Wildman–Crippen LogP) is 1.56. The first-order valence-corrected chi connectivity index (χ1v) is 6.07. The number of hydrogen-bond acceptors (Lipinski definition) is 4. The van der Waals surface area contributed by atoms with Crippen LogP contribution in [0.25, 0.3) is 0 Å². The Kier molecular flexibility index (Phi) is 3.96. The second-order valence-electron chi connectivity index (χ2n) is 4.68. The lowest BCUT2D eigenvalue weighted by Crippen LogP contribution is -2.29. The van der Waals surface area contributed by atoms with E-state index in [1.165, 1.54) is 32.4 Å². The van der Waals surface area contributed by atoms with Crippen LogP contribution in [0, 0.1) is 6.92 Å². The van der Waals surface area contributed by atoms with Gasteiger partial charge in [-0.05, 0) is 46.3 Å². The number of aryl methyl sites for hydroxylation is 1. The molecule has 1 aliphatic rings. The van der Waals surface area contributed by atoms with Crippen LogP contribution in [0.2, 0.25) is 0 Å². The van der Waals surface area contributed by atoms with E-state index in [9.17, 15) is 0 Å². The van der Waals surface area contributed by atoms with Gasteiger partial charge in [0.1, 0.15) is 5.76 Å². The van der Waals surface area contributed by atoms with E-state index in [0.717, 1.165) is 18.2 Å². The number of oxazole rings is 1. The van der Waals surface area contributed by atoms with Crippen molar-refractivity contribution >= 4 is 0 Å². The lowest BCUT2D eigenvalue weighted by atomic mass is 10.1. The van der Waals surface area contributed by atoms with Crippen LogP contribution in [0.1, 0.15) is 30.9 Å². The maximum absolute atomic E-state index is 5.44. The van der Waals surface area contributed by atoms with Gasteiger partial charge in [0.25, 0.3) is 0 Å². The molecule has 1 unspecified atom stereocenters. The Morgan fingerprint density at radius 2 is 2.38 bits per heavy atom. The highest BCUT2D eigenvalue weighted by Gasteiger charge is 2.14. The van der Waals surface area contributed by atoms with Gasteiger partial charge in [-0.2, -0.15) is 0 Å². The minimum atomic E-state index is 0.608. The summed E-state index contributed by atoms with van der Waals surface area (Å²) in [5.74, 6) is 1.69. The summed E-state index contributed by atoms with van der Waals surface area (Å²) in [6, 6.07) is 0.608. The molecule has 0 amide bonds. The second kappa shape index (κ2) is 5.46. The first-order valence-electron chi connectivity index (χ1n) is 6.07. The Balaban J connectivity index is 1.77. The van der Waals surface area contributed by atoms with Crippen LogP contribution in [0.4, 0.5) is 0 Å². The topological polar surface area (TPSA) is 41.3 Å². The SMILES string of the molecule is Cc1cnc(CNC2CCCN(C)CC2)o1. The van der Waals surface area contributed by atoms with E-state index in [2.05, 4.69) is 22.2 Å². The van der Waals surface area contributed by atoms with Crippen molar-refractivity contribution in [2.45, 2.75) is 38.8 Å². The molecule has 0 aromatic carbocycles. The molecule has 1 atom stereocenters. The first-order chi connectivity index (χ1) is 7.74. The molecule has 2 heterocycles. The van der Waals surface area contributed by atoms with Gasteiger partial charge in [-0.15, -0.1) is 0 Å². The van der Waals surface area contributed by atoms with E-state index in [1.54, 1.807) is 6.20 Å². The highest BCUT2D eigenvalue weighted by molar-refractivity contribution is 4.90. The van der Waals surface area contributed by atoms with Crippen molar-refractivity contribution in [3.05, 3.63) is 17.8 Å². The molecule has 0 saturated carbocycles. The van der Waals surface area contributed by atoms with Crippen LogP contribution in [0.3, 0.4) is 0 Å². The molecular weight excluding hydrogens is 202 g/mol. The minimum Gasteiger partial charge on any atom is -0.445 e. The second-order valence-corrected chi connectivity index (χ2v) is 4.68. The Morgan fingerprint density at radius 1 is 1.50 bits per heavy atom. The molecule has 2 rings (SSSR count). The predicted molar refractivity (Wildman–Crippen MR) is 63.2 cm³/mol. The van der Waals surface area contributed by atoms with Crippen molar-refractivity contribution in [3.63, 3.8) is 0 Å². The van der Waals surface area contributed by atoms with Gasteiger partial charge in [-0.3, -0.25) is 0 Å². The lowest BCUT2D eigenvalue weighted by Gasteiger charge is -2.15. The third kappa shape index (κ3) is 3.32. The van der Waals surface area contributed by atoms with E-state index in [-0.39, 0.29) is 0 Å². The molecule has 1 aromatic heterocycles. The number of hydrogen-bond donors (Lipinski definition) is 1. The van der Waals surface area contributed by atoms with Crippen molar-refractivity contribution < 1.29 is 4.42 Å². The third-order valence-electron chi connectivity index (χ3n) is 3.16. The normalized spacial score (nSPS) is 23.2. The molecule has 0 spiro atoms. The van der Waals surface area contributed by atoms with E-state index in [4.69, 9.17) is 4.42 Å². The summed E-state index contributed by atoms with van der Waals surface area (Å²) in [6.45, 7) is 5.08. The average molecular weight is 223 g/mol. The molecule has 0 aliphatic carbocycles. The highest BCUT2D eigenvalue weighted by atomic mass is 16.4. The minimum absolute atomic E-state index is 0.608. The van der Waals surface area contributed by atoms with Gasteiger partial charge in [0.2, 0.25) is 5.89 Å². The Hall–Kier alpha value is -0.870. The van der Waals surface area contributed by atoms with Crippen molar-refractivity contribution in [1.29, 1.82) is 0 Å². The molecule has 90 valence electrons. The van der Waals surface area contributed by atoms with Crippen LogP contribution in [-0.4, -0.2) is 36.1 Å². The number of likely N-dealkylation sites (tertiary alicyclic amines) is 1. The van der Waals surface area contributed by atoms with Crippen molar-refractivity contribution in [1.82, 2.24) is 15.2 Å².